The van der Waals surface area contributed by atoms with E-state index in [0.717, 1.165) is 25.9 Å². The Hall–Kier alpha value is -0.850. The summed E-state index contributed by atoms with van der Waals surface area (Å²) >= 11 is 0. The second-order valence-electron chi connectivity index (χ2n) is 2.55. The van der Waals surface area contributed by atoms with Crippen molar-refractivity contribution in [3.05, 3.63) is 0 Å². The first-order valence-corrected chi connectivity index (χ1v) is 4.08. The molecule has 12 heavy (non-hydrogen) atoms. The molecule has 3 heteroatoms. The lowest BCUT2D eigenvalue weighted by Gasteiger charge is -2.21. The molecule has 0 aromatic heterocycles. The SMILES string of the molecule is O=CC#CCOC1CCCCO1. The molecule has 1 unspecified atom stereocenters. The Morgan fingerprint density at radius 1 is 1.58 bits per heavy atom. The van der Waals surface area contributed by atoms with Crippen LogP contribution in [0.15, 0.2) is 0 Å². The van der Waals surface area contributed by atoms with E-state index in [-0.39, 0.29) is 12.9 Å². The molecule has 0 aromatic carbocycles. The molecule has 1 rings (SSSR count). The summed E-state index contributed by atoms with van der Waals surface area (Å²) in [5, 5.41) is 0. The minimum absolute atomic E-state index is 0.111. The normalized spacial score (nSPS) is 22.5. The number of carbonyl (C=O) groups is 1. The van der Waals surface area contributed by atoms with Crippen molar-refractivity contribution in [1.82, 2.24) is 0 Å². The zero-order valence-electron chi connectivity index (χ0n) is 6.91. The van der Waals surface area contributed by atoms with Gasteiger partial charge in [-0.1, -0.05) is 5.92 Å². The van der Waals surface area contributed by atoms with Gasteiger partial charge >= 0.3 is 0 Å². The molecule has 1 aliphatic rings. The highest BCUT2D eigenvalue weighted by atomic mass is 16.7. The molecule has 66 valence electrons. The third-order valence-corrected chi connectivity index (χ3v) is 1.64. The van der Waals surface area contributed by atoms with Crippen LogP contribution in [0.2, 0.25) is 0 Å². The fraction of sp³-hybridized carbons (Fsp3) is 0.667. The summed E-state index contributed by atoms with van der Waals surface area (Å²) in [5.41, 5.74) is 0. The van der Waals surface area contributed by atoms with Crippen LogP contribution in [0.4, 0.5) is 0 Å². The molecule has 0 aliphatic carbocycles. The van der Waals surface area contributed by atoms with Crippen LogP contribution in [0, 0.1) is 11.8 Å². The third-order valence-electron chi connectivity index (χ3n) is 1.64. The maximum Gasteiger partial charge on any atom is 0.192 e. The smallest absolute Gasteiger partial charge is 0.192 e. The summed E-state index contributed by atoms with van der Waals surface area (Å²) in [6, 6.07) is 0. The van der Waals surface area contributed by atoms with Crippen molar-refractivity contribution in [2.45, 2.75) is 25.6 Å². The van der Waals surface area contributed by atoms with Gasteiger partial charge in [0.05, 0.1) is 0 Å². The van der Waals surface area contributed by atoms with Crippen LogP contribution in [0.5, 0.6) is 0 Å². The van der Waals surface area contributed by atoms with E-state index >= 15 is 0 Å². The topological polar surface area (TPSA) is 35.5 Å². The Bertz CT molecular complexity index is 184. The number of rotatable bonds is 2. The molecule has 3 nitrogen and oxygen atoms in total. The first-order valence-electron chi connectivity index (χ1n) is 4.08. The highest BCUT2D eigenvalue weighted by molar-refractivity contribution is 5.72. The summed E-state index contributed by atoms with van der Waals surface area (Å²) in [6.07, 6.45) is 3.64. The van der Waals surface area contributed by atoms with Gasteiger partial charge in [-0.2, -0.15) is 0 Å². The first-order chi connectivity index (χ1) is 5.93. The largest absolute Gasteiger partial charge is 0.353 e. The third kappa shape index (κ3) is 3.51. The minimum atomic E-state index is -0.111. The van der Waals surface area contributed by atoms with E-state index in [2.05, 4.69) is 11.8 Å². The van der Waals surface area contributed by atoms with Crippen LogP contribution in [0.1, 0.15) is 19.3 Å². The van der Waals surface area contributed by atoms with Crippen LogP contribution in [-0.4, -0.2) is 25.8 Å². The van der Waals surface area contributed by atoms with E-state index in [0.29, 0.717) is 6.29 Å². The fourth-order valence-electron chi connectivity index (χ4n) is 1.06. The second kappa shape index (κ2) is 5.76. The molecule has 1 heterocycles. The highest BCUT2D eigenvalue weighted by Crippen LogP contribution is 2.12. The predicted molar refractivity (Wildman–Crippen MR) is 43.4 cm³/mol. The summed E-state index contributed by atoms with van der Waals surface area (Å²) in [5.74, 6) is 4.84. The van der Waals surface area contributed by atoms with E-state index < -0.39 is 0 Å². The summed E-state index contributed by atoms with van der Waals surface area (Å²) < 4.78 is 10.5. The molecule has 0 bridgehead atoms. The van der Waals surface area contributed by atoms with Gasteiger partial charge in [-0.25, -0.2) is 0 Å². The molecule has 0 spiro atoms. The lowest BCUT2D eigenvalue weighted by Crippen LogP contribution is -2.22. The van der Waals surface area contributed by atoms with Crippen molar-refractivity contribution in [2.24, 2.45) is 0 Å². The Balaban J connectivity index is 2.09. The number of carbonyl (C=O) groups excluding carboxylic acids is 1. The lowest BCUT2D eigenvalue weighted by atomic mass is 10.2. The van der Waals surface area contributed by atoms with Crippen LogP contribution >= 0.6 is 0 Å². The van der Waals surface area contributed by atoms with Crippen LogP contribution in [-0.2, 0) is 14.3 Å². The lowest BCUT2D eigenvalue weighted by molar-refractivity contribution is -0.154. The van der Waals surface area contributed by atoms with E-state index in [4.69, 9.17) is 9.47 Å². The van der Waals surface area contributed by atoms with Gasteiger partial charge in [0, 0.05) is 6.61 Å². The Morgan fingerprint density at radius 2 is 2.50 bits per heavy atom. The van der Waals surface area contributed by atoms with Crippen LogP contribution < -0.4 is 0 Å². The van der Waals surface area contributed by atoms with Gasteiger partial charge in [0.25, 0.3) is 0 Å². The van der Waals surface area contributed by atoms with Gasteiger partial charge < -0.3 is 9.47 Å². The van der Waals surface area contributed by atoms with Crippen molar-refractivity contribution in [2.75, 3.05) is 13.2 Å². The molecule has 0 amide bonds. The minimum Gasteiger partial charge on any atom is -0.353 e. The molecule has 0 saturated carbocycles. The molecule has 1 atom stereocenters. The maximum atomic E-state index is 9.80. The Morgan fingerprint density at radius 3 is 3.17 bits per heavy atom. The van der Waals surface area contributed by atoms with Gasteiger partial charge in [0.2, 0.25) is 0 Å². The molecule has 0 N–H and O–H groups in total. The zero-order chi connectivity index (χ0) is 8.65. The number of hydrogen-bond acceptors (Lipinski definition) is 3. The molecular weight excluding hydrogens is 156 g/mol. The van der Waals surface area contributed by atoms with E-state index in [1.54, 1.807) is 0 Å². The van der Waals surface area contributed by atoms with E-state index in [9.17, 15) is 4.79 Å². The molecule has 0 aromatic rings. The van der Waals surface area contributed by atoms with Gasteiger partial charge in [-0.15, -0.1) is 0 Å². The number of ether oxygens (including phenoxy) is 2. The predicted octanol–water partition coefficient (Wildman–Crippen LogP) is 0.732. The van der Waals surface area contributed by atoms with E-state index in [1.807, 2.05) is 0 Å². The standard InChI is InChI=1S/C9H12O3/c10-6-2-4-8-12-9-5-1-3-7-11-9/h6,9H,1,3,5,7-8H2. The van der Waals surface area contributed by atoms with Crippen molar-refractivity contribution < 1.29 is 14.3 Å². The molecule has 1 fully saturated rings. The average molecular weight is 168 g/mol. The Labute approximate surface area is 72.0 Å². The maximum absolute atomic E-state index is 9.80. The average Bonchev–Trinajstić information content (AvgIpc) is 2.14. The quantitative estimate of drug-likeness (QED) is 0.450. The first kappa shape index (κ1) is 9.24. The van der Waals surface area contributed by atoms with Gasteiger partial charge in [0.1, 0.15) is 6.61 Å². The van der Waals surface area contributed by atoms with Crippen molar-refractivity contribution in [3.8, 4) is 11.8 Å². The summed E-state index contributed by atoms with van der Waals surface area (Å²) in [7, 11) is 0. The Kier molecular flexibility index (Phi) is 4.43. The molecule has 0 radical (unpaired) electrons. The van der Waals surface area contributed by atoms with Gasteiger partial charge in [-0.3, -0.25) is 4.79 Å². The highest BCUT2D eigenvalue weighted by Gasteiger charge is 2.12. The van der Waals surface area contributed by atoms with Crippen molar-refractivity contribution in [1.29, 1.82) is 0 Å². The molecule has 1 aliphatic heterocycles. The van der Waals surface area contributed by atoms with Crippen LogP contribution in [0.25, 0.3) is 0 Å². The van der Waals surface area contributed by atoms with E-state index in [1.165, 1.54) is 0 Å². The van der Waals surface area contributed by atoms with Gasteiger partial charge in [0.15, 0.2) is 12.6 Å². The summed E-state index contributed by atoms with van der Waals surface area (Å²) in [6.45, 7) is 1.05. The second-order valence-corrected chi connectivity index (χ2v) is 2.55. The van der Waals surface area contributed by atoms with Gasteiger partial charge in [-0.05, 0) is 25.2 Å². The molecule has 1 saturated heterocycles. The number of aldehydes is 1. The number of hydrogen-bond donors (Lipinski definition) is 0. The zero-order valence-corrected chi connectivity index (χ0v) is 6.91. The summed E-state index contributed by atoms with van der Waals surface area (Å²) in [4.78, 5) is 9.80. The fourth-order valence-corrected chi connectivity index (χ4v) is 1.06. The van der Waals surface area contributed by atoms with Crippen molar-refractivity contribution >= 4 is 6.29 Å². The molecular formula is C9H12O3. The van der Waals surface area contributed by atoms with Crippen LogP contribution in [0.3, 0.4) is 0 Å². The monoisotopic (exact) mass is 168 g/mol. The van der Waals surface area contributed by atoms with Crippen molar-refractivity contribution in [3.63, 3.8) is 0 Å².